The van der Waals surface area contributed by atoms with Crippen LogP contribution in [0.3, 0.4) is 0 Å². The number of benzene rings is 1. The Morgan fingerprint density at radius 1 is 1.42 bits per heavy atom. The number of phenolic OH excluding ortho intramolecular Hbond substituents is 1. The van der Waals surface area contributed by atoms with Crippen molar-refractivity contribution in [1.82, 2.24) is 5.32 Å². The Labute approximate surface area is 126 Å². The average Bonchev–Trinajstić information content (AvgIpc) is 2.83. The number of aromatic hydroxyl groups is 1. The number of hydrogen-bond donors (Lipinski definition) is 2. The minimum Gasteiger partial charge on any atom is -0.507 e. The third-order valence-corrected chi connectivity index (χ3v) is 4.81. The van der Waals surface area contributed by atoms with Crippen molar-refractivity contribution in [2.75, 3.05) is 11.9 Å². The lowest BCUT2D eigenvalue weighted by molar-refractivity contribution is 0.0942. The summed E-state index contributed by atoms with van der Waals surface area (Å²) in [5.41, 5.74) is 0.276. The second-order valence-electron chi connectivity index (χ2n) is 4.98. The topological polar surface area (TPSA) is 49.3 Å². The van der Waals surface area contributed by atoms with Crippen LogP contribution in [0.25, 0.3) is 0 Å². The van der Waals surface area contributed by atoms with E-state index in [9.17, 15) is 9.90 Å². The van der Waals surface area contributed by atoms with Crippen molar-refractivity contribution in [3.8, 4) is 5.75 Å². The molecule has 1 fully saturated rings. The van der Waals surface area contributed by atoms with Crippen LogP contribution in [0, 0.1) is 11.8 Å². The van der Waals surface area contributed by atoms with E-state index in [0.29, 0.717) is 23.4 Å². The average molecular weight is 347 g/mol. The molecule has 1 aromatic rings. The Morgan fingerprint density at radius 3 is 2.84 bits per heavy atom. The van der Waals surface area contributed by atoms with E-state index < -0.39 is 0 Å². The first-order chi connectivity index (χ1) is 9.11. The summed E-state index contributed by atoms with van der Waals surface area (Å²) in [6.07, 6.45) is 3.60. The molecule has 1 saturated carbocycles. The number of nitrogens with one attached hydrogen (secondary N) is 1. The van der Waals surface area contributed by atoms with Gasteiger partial charge in [0.05, 0.1) is 5.56 Å². The molecule has 0 aliphatic heterocycles. The fraction of sp³-hybridized carbons (Fsp3) is 0.500. The number of phenols is 1. The number of carbonyl (C=O) groups is 1. The van der Waals surface area contributed by atoms with Gasteiger partial charge in [-0.2, -0.15) is 0 Å². The fourth-order valence-electron chi connectivity index (χ4n) is 2.60. The molecule has 2 N–H and O–H groups in total. The fourth-order valence-corrected chi connectivity index (χ4v) is 3.62. The maximum absolute atomic E-state index is 12.0. The SMILES string of the molecule is O=C(NCC1CCCC1CBr)c1ccc(Cl)cc1O. The van der Waals surface area contributed by atoms with Crippen molar-refractivity contribution < 1.29 is 9.90 Å². The number of carbonyl (C=O) groups excluding carboxylic acids is 1. The van der Waals surface area contributed by atoms with Gasteiger partial charge in [0.2, 0.25) is 0 Å². The standard InChI is InChI=1S/C14H17BrClNO2/c15-7-9-2-1-3-10(9)8-17-14(19)12-5-4-11(16)6-13(12)18/h4-6,9-10,18H,1-3,7-8H2,(H,17,19). The van der Waals surface area contributed by atoms with Crippen LogP contribution in [0.4, 0.5) is 0 Å². The highest BCUT2D eigenvalue weighted by atomic mass is 79.9. The molecule has 0 spiro atoms. The summed E-state index contributed by atoms with van der Waals surface area (Å²) < 4.78 is 0. The number of hydrogen-bond acceptors (Lipinski definition) is 2. The minimum absolute atomic E-state index is 0.0755. The van der Waals surface area contributed by atoms with Crippen molar-refractivity contribution in [2.24, 2.45) is 11.8 Å². The van der Waals surface area contributed by atoms with E-state index in [0.717, 1.165) is 11.8 Å². The van der Waals surface area contributed by atoms with Crippen molar-refractivity contribution in [3.05, 3.63) is 28.8 Å². The van der Waals surface area contributed by atoms with Gasteiger partial charge in [0.25, 0.3) is 5.91 Å². The molecule has 1 aliphatic rings. The lowest BCUT2D eigenvalue weighted by Gasteiger charge is -2.18. The predicted molar refractivity (Wildman–Crippen MR) is 80.1 cm³/mol. The van der Waals surface area contributed by atoms with Crippen molar-refractivity contribution in [2.45, 2.75) is 19.3 Å². The third kappa shape index (κ3) is 3.63. The second kappa shape index (κ2) is 6.62. The normalized spacial score (nSPS) is 22.4. The highest BCUT2D eigenvalue weighted by Crippen LogP contribution is 2.32. The van der Waals surface area contributed by atoms with Crippen molar-refractivity contribution >= 4 is 33.4 Å². The van der Waals surface area contributed by atoms with Gasteiger partial charge < -0.3 is 10.4 Å². The van der Waals surface area contributed by atoms with Crippen LogP contribution in [-0.4, -0.2) is 22.9 Å². The van der Waals surface area contributed by atoms with Gasteiger partial charge in [0, 0.05) is 16.9 Å². The lowest BCUT2D eigenvalue weighted by Crippen LogP contribution is -2.31. The summed E-state index contributed by atoms with van der Waals surface area (Å²) in [4.78, 5) is 12.0. The zero-order valence-corrected chi connectivity index (χ0v) is 12.9. The van der Waals surface area contributed by atoms with E-state index in [1.54, 1.807) is 12.1 Å². The molecule has 0 saturated heterocycles. The number of rotatable bonds is 4. The van der Waals surface area contributed by atoms with Gasteiger partial charge in [-0.05, 0) is 42.9 Å². The van der Waals surface area contributed by atoms with Crippen LogP contribution in [0.15, 0.2) is 18.2 Å². The molecule has 2 rings (SSSR count). The highest BCUT2D eigenvalue weighted by molar-refractivity contribution is 9.09. The van der Waals surface area contributed by atoms with Crippen LogP contribution < -0.4 is 5.32 Å². The van der Waals surface area contributed by atoms with Gasteiger partial charge in [0.1, 0.15) is 5.75 Å². The van der Waals surface area contributed by atoms with E-state index in [2.05, 4.69) is 21.2 Å². The Hall–Kier alpha value is -0.740. The van der Waals surface area contributed by atoms with E-state index in [4.69, 9.17) is 11.6 Å². The van der Waals surface area contributed by atoms with Gasteiger partial charge in [-0.15, -0.1) is 0 Å². The van der Waals surface area contributed by atoms with E-state index in [1.165, 1.54) is 18.9 Å². The molecule has 104 valence electrons. The van der Waals surface area contributed by atoms with Crippen LogP contribution >= 0.6 is 27.5 Å². The lowest BCUT2D eigenvalue weighted by atomic mass is 9.98. The molecule has 0 bridgehead atoms. The molecule has 5 heteroatoms. The summed E-state index contributed by atoms with van der Waals surface area (Å²) in [5, 5.41) is 14.0. The van der Waals surface area contributed by atoms with Crippen LogP contribution in [0.2, 0.25) is 5.02 Å². The number of amides is 1. The highest BCUT2D eigenvalue weighted by Gasteiger charge is 2.26. The van der Waals surface area contributed by atoms with E-state index in [1.807, 2.05) is 0 Å². The Morgan fingerprint density at radius 2 is 2.16 bits per heavy atom. The Bertz CT molecular complexity index is 467. The smallest absolute Gasteiger partial charge is 0.255 e. The molecule has 1 aromatic carbocycles. The first kappa shape index (κ1) is 14.7. The van der Waals surface area contributed by atoms with E-state index >= 15 is 0 Å². The molecule has 3 nitrogen and oxygen atoms in total. The maximum Gasteiger partial charge on any atom is 0.255 e. The molecule has 0 aromatic heterocycles. The molecule has 0 heterocycles. The first-order valence-electron chi connectivity index (χ1n) is 6.44. The summed E-state index contributed by atoms with van der Waals surface area (Å²) in [5.74, 6) is 0.847. The second-order valence-corrected chi connectivity index (χ2v) is 6.06. The zero-order valence-electron chi connectivity index (χ0n) is 10.5. The Kier molecular flexibility index (Phi) is 5.11. The molecule has 2 unspecified atom stereocenters. The molecule has 1 amide bonds. The van der Waals surface area contributed by atoms with Crippen LogP contribution in [-0.2, 0) is 0 Å². The maximum atomic E-state index is 12.0. The number of alkyl halides is 1. The van der Waals surface area contributed by atoms with E-state index in [-0.39, 0.29) is 17.2 Å². The summed E-state index contributed by atoms with van der Waals surface area (Å²) in [6.45, 7) is 0.664. The largest absolute Gasteiger partial charge is 0.507 e. The predicted octanol–water partition coefficient (Wildman–Crippen LogP) is 3.59. The monoisotopic (exact) mass is 345 g/mol. The summed E-state index contributed by atoms with van der Waals surface area (Å²) in [7, 11) is 0. The molecular weight excluding hydrogens is 330 g/mol. The van der Waals surface area contributed by atoms with Crippen LogP contribution in [0.5, 0.6) is 5.75 Å². The van der Waals surface area contributed by atoms with Gasteiger partial charge in [-0.3, -0.25) is 4.79 Å². The number of halogens is 2. The third-order valence-electron chi connectivity index (χ3n) is 3.74. The summed E-state index contributed by atoms with van der Waals surface area (Å²) >= 11 is 9.26. The van der Waals surface area contributed by atoms with Gasteiger partial charge in [0.15, 0.2) is 0 Å². The summed E-state index contributed by atoms with van der Waals surface area (Å²) in [6, 6.07) is 4.53. The molecule has 1 aliphatic carbocycles. The molecule has 19 heavy (non-hydrogen) atoms. The van der Waals surface area contributed by atoms with Crippen LogP contribution in [0.1, 0.15) is 29.6 Å². The first-order valence-corrected chi connectivity index (χ1v) is 7.94. The van der Waals surface area contributed by atoms with Gasteiger partial charge in [-0.1, -0.05) is 34.0 Å². The van der Waals surface area contributed by atoms with Gasteiger partial charge in [-0.25, -0.2) is 0 Å². The molecule has 2 atom stereocenters. The van der Waals surface area contributed by atoms with Crippen molar-refractivity contribution in [1.29, 1.82) is 0 Å². The van der Waals surface area contributed by atoms with Gasteiger partial charge >= 0.3 is 0 Å². The zero-order chi connectivity index (χ0) is 13.8. The molecular formula is C14H17BrClNO2. The molecule has 0 radical (unpaired) electrons. The Balaban J connectivity index is 1.94. The minimum atomic E-state index is -0.241. The van der Waals surface area contributed by atoms with Crippen molar-refractivity contribution in [3.63, 3.8) is 0 Å². The quantitative estimate of drug-likeness (QED) is 0.819.